The summed E-state index contributed by atoms with van der Waals surface area (Å²) in [5, 5.41) is 5.04. The maximum absolute atomic E-state index is 12.1. The number of rotatable bonds is 6. The topological polar surface area (TPSA) is 72.8 Å². The Hall–Kier alpha value is -3.41. The van der Waals surface area contributed by atoms with Crippen molar-refractivity contribution in [3.05, 3.63) is 65.9 Å². The molecule has 0 aliphatic carbocycles. The quantitative estimate of drug-likeness (QED) is 0.548. The summed E-state index contributed by atoms with van der Waals surface area (Å²) in [5.74, 6) is 0.996. The van der Waals surface area contributed by atoms with Crippen molar-refractivity contribution >= 4 is 23.0 Å². The molecule has 2 aromatic carbocycles. The van der Waals surface area contributed by atoms with Crippen molar-refractivity contribution in [2.45, 2.75) is 6.42 Å². The van der Waals surface area contributed by atoms with Crippen molar-refractivity contribution in [2.75, 3.05) is 14.2 Å². The van der Waals surface area contributed by atoms with Crippen molar-refractivity contribution in [1.29, 1.82) is 0 Å². The lowest BCUT2D eigenvalue weighted by Crippen LogP contribution is -2.19. The molecule has 0 fully saturated rings. The molecule has 132 valence electrons. The molecular formula is C20H19N3O3. The Morgan fingerprint density at radius 1 is 1.12 bits per heavy atom. The molecule has 1 aromatic heterocycles. The van der Waals surface area contributed by atoms with Gasteiger partial charge in [-0.15, -0.1) is 0 Å². The number of nitrogens with zero attached hydrogens (tertiary/aromatic N) is 2. The third-order valence-corrected chi connectivity index (χ3v) is 3.89. The summed E-state index contributed by atoms with van der Waals surface area (Å²) in [6, 6.07) is 15.0. The van der Waals surface area contributed by atoms with Gasteiger partial charge >= 0.3 is 0 Å². The fourth-order valence-electron chi connectivity index (χ4n) is 2.62. The van der Waals surface area contributed by atoms with Gasteiger partial charge in [0.05, 0.1) is 32.4 Å². The first-order valence-electron chi connectivity index (χ1n) is 8.08. The van der Waals surface area contributed by atoms with Gasteiger partial charge in [-0.05, 0) is 29.8 Å². The molecule has 0 bridgehead atoms. The molecule has 1 N–H and O–H groups in total. The zero-order valence-electron chi connectivity index (χ0n) is 14.6. The summed E-state index contributed by atoms with van der Waals surface area (Å²) in [5.41, 5.74) is 5.13. The number of hydrogen-bond donors (Lipinski definition) is 1. The first kappa shape index (κ1) is 17.4. The third-order valence-electron chi connectivity index (χ3n) is 3.89. The molecule has 6 heteroatoms. The fraction of sp³-hybridized carbons (Fsp3) is 0.150. The van der Waals surface area contributed by atoms with Crippen LogP contribution in [0.25, 0.3) is 10.9 Å². The van der Waals surface area contributed by atoms with Crippen LogP contribution in [0.4, 0.5) is 0 Å². The Morgan fingerprint density at radius 3 is 2.73 bits per heavy atom. The monoisotopic (exact) mass is 349 g/mol. The number of benzene rings is 2. The van der Waals surface area contributed by atoms with E-state index in [-0.39, 0.29) is 12.3 Å². The molecule has 0 spiro atoms. The Balaban J connectivity index is 1.66. The van der Waals surface area contributed by atoms with E-state index < -0.39 is 0 Å². The normalized spacial score (nSPS) is 10.8. The van der Waals surface area contributed by atoms with Crippen LogP contribution in [0.1, 0.15) is 11.1 Å². The van der Waals surface area contributed by atoms with E-state index in [9.17, 15) is 4.79 Å². The van der Waals surface area contributed by atoms with Crippen molar-refractivity contribution in [2.24, 2.45) is 5.10 Å². The lowest BCUT2D eigenvalue weighted by atomic mass is 10.1. The van der Waals surface area contributed by atoms with Gasteiger partial charge in [0.1, 0.15) is 0 Å². The molecular weight excluding hydrogens is 330 g/mol. The third kappa shape index (κ3) is 3.97. The van der Waals surface area contributed by atoms with Gasteiger partial charge in [0.2, 0.25) is 5.91 Å². The van der Waals surface area contributed by atoms with Crippen LogP contribution in [-0.2, 0) is 11.2 Å². The maximum atomic E-state index is 12.1. The van der Waals surface area contributed by atoms with Crippen molar-refractivity contribution in [1.82, 2.24) is 10.4 Å². The van der Waals surface area contributed by atoms with Crippen molar-refractivity contribution < 1.29 is 14.3 Å². The average molecular weight is 349 g/mol. The van der Waals surface area contributed by atoms with Crippen LogP contribution in [0.5, 0.6) is 11.5 Å². The number of hydrogen-bond acceptors (Lipinski definition) is 5. The lowest BCUT2D eigenvalue weighted by molar-refractivity contribution is -0.120. The second-order valence-electron chi connectivity index (χ2n) is 5.58. The number of nitrogens with one attached hydrogen (secondary N) is 1. The molecule has 0 unspecified atom stereocenters. The summed E-state index contributed by atoms with van der Waals surface area (Å²) < 4.78 is 10.4. The van der Waals surface area contributed by atoms with Crippen LogP contribution in [0.15, 0.2) is 59.8 Å². The Bertz CT molecular complexity index is 949. The zero-order valence-corrected chi connectivity index (χ0v) is 14.6. The molecule has 0 radical (unpaired) electrons. The van der Waals surface area contributed by atoms with Gasteiger partial charge < -0.3 is 9.47 Å². The molecule has 6 nitrogen and oxygen atoms in total. The van der Waals surface area contributed by atoms with E-state index in [2.05, 4.69) is 15.5 Å². The van der Waals surface area contributed by atoms with E-state index >= 15 is 0 Å². The molecule has 1 amide bonds. The van der Waals surface area contributed by atoms with E-state index in [1.807, 2.05) is 36.4 Å². The highest BCUT2D eigenvalue weighted by Gasteiger charge is 2.08. The summed E-state index contributed by atoms with van der Waals surface area (Å²) in [7, 11) is 3.13. The van der Waals surface area contributed by atoms with E-state index in [1.54, 1.807) is 38.8 Å². The standard InChI is InChI=1S/C20H19N3O3/c1-25-18-8-7-14(11-19(18)26-2)12-20(24)23-22-13-15-9-10-21-17-6-4-3-5-16(15)17/h3-11,13H,12H2,1-2H3,(H,23,24)/b22-13+. The molecule has 0 atom stereocenters. The summed E-state index contributed by atoms with van der Waals surface area (Å²) >= 11 is 0. The van der Waals surface area contributed by atoms with Crippen LogP contribution < -0.4 is 14.9 Å². The summed E-state index contributed by atoms with van der Waals surface area (Å²) in [6.45, 7) is 0. The number of fused-ring (bicyclic) bond motifs is 1. The highest BCUT2D eigenvalue weighted by Crippen LogP contribution is 2.27. The average Bonchev–Trinajstić information content (AvgIpc) is 2.68. The minimum Gasteiger partial charge on any atom is -0.493 e. The molecule has 3 aromatic rings. The summed E-state index contributed by atoms with van der Waals surface area (Å²) in [4.78, 5) is 16.4. The van der Waals surface area contributed by atoms with Gasteiger partial charge in [-0.2, -0.15) is 5.10 Å². The van der Waals surface area contributed by atoms with Gasteiger partial charge in [0.15, 0.2) is 11.5 Å². The van der Waals surface area contributed by atoms with Crippen LogP contribution in [-0.4, -0.2) is 31.3 Å². The lowest BCUT2D eigenvalue weighted by Gasteiger charge is -2.09. The second kappa shape index (κ2) is 8.11. The van der Waals surface area contributed by atoms with E-state index in [4.69, 9.17) is 9.47 Å². The van der Waals surface area contributed by atoms with Crippen molar-refractivity contribution in [3.8, 4) is 11.5 Å². The minimum atomic E-state index is -0.216. The number of pyridine rings is 1. The Kier molecular flexibility index (Phi) is 5.43. The number of ether oxygens (including phenoxy) is 2. The van der Waals surface area contributed by atoms with Crippen LogP contribution in [0, 0.1) is 0 Å². The molecule has 0 saturated carbocycles. The zero-order chi connectivity index (χ0) is 18.4. The molecule has 26 heavy (non-hydrogen) atoms. The van der Waals surface area contributed by atoms with E-state index in [0.717, 1.165) is 22.0 Å². The molecule has 0 saturated heterocycles. The SMILES string of the molecule is COc1ccc(CC(=O)N/N=C/c2ccnc3ccccc23)cc1OC. The predicted octanol–water partition coefficient (Wildman–Crippen LogP) is 2.94. The predicted molar refractivity (Wildman–Crippen MR) is 101 cm³/mol. The number of methoxy groups -OCH3 is 2. The van der Waals surface area contributed by atoms with Crippen molar-refractivity contribution in [3.63, 3.8) is 0 Å². The first-order valence-corrected chi connectivity index (χ1v) is 8.08. The number of para-hydroxylation sites is 1. The molecule has 0 aliphatic rings. The Labute approximate surface area is 151 Å². The smallest absolute Gasteiger partial charge is 0.244 e. The van der Waals surface area contributed by atoms with Crippen LogP contribution >= 0.6 is 0 Å². The van der Waals surface area contributed by atoms with Gasteiger partial charge in [-0.1, -0.05) is 24.3 Å². The number of amides is 1. The first-order chi connectivity index (χ1) is 12.7. The minimum absolute atomic E-state index is 0.189. The van der Waals surface area contributed by atoms with Gasteiger partial charge in [0.25, 0.3) is 0 Å². The number of carbonyl (C=O) groups is 1. The van der Waals surface area contributed by atoms with Crippen LogP contribution in [0.2, 0.25) is 0 Å². The Morgan fingerprint density at radius 2 is 1.92 bits per heavy atom. The number of carbonyl (C=O) groups excluding carboxylic acids is 1. The number of hydrazone groups is 1. The molecule has 0 aliphatic heterocycles. The largest absolute Gasteiger partial charge is 0.493 e. The van der Waals surface area contributed by atoms with Gasteiger partial charge in [-0.3, -0.25) is 9.78 Å². The molecule has 1 heterocycles. The maximum Gasteiger partial charge on any atom is 0.244 e. The highest BCUT2D eigenvalue weighted by molar-refractivity contribution is 5.98. The highest BCUT2D eigenvalue weighted by atomic mass is 16.5. The van der Waals surface area contributed by atoms with Crippen LogP contribution in [0.3, 0.4) is 0 Å². The fourth-order valence-corrected chi connectivity index (χ4v) is 2.62. The number of aromatic nitrogens is 1. The second-order valence-corrected chi connectivity index (χ2v) is 5.58. The van der Waals surface area contributed by atoms with Gasteiger partial charge in [0, 0.05) is 17.1 Å². The molecule has 3 rings (SSSR count). The summed E-state index contributed by atoms with van der Waals surface area (Å²) in [6.07, 6.45) is 3.53. The van der Waals surface area contributed by atoms with E-state index in [0.29, 0.717) is 11.5 Å². The van der Waals surface area contributed by atoms with E-state index in [1.165, 1.54) is 0 Å². The van der Waals surface area contributed by atoms with Gasteiger partial charge in [-0.25, -0.2) is 5.43 Å².